The second-order valence-corrected chi connectivity index (χ2v) is 5.57. The zero-order valence-electron chi connectivity index (χ0n) is 10.2. The van der Waals surface area contributed by atoms with Crippen LogP contribution in [0.1, 0.15) is 11.1 Å². The molecule has 19 heavy (non-hydrogen) atoms. The molecule has 4 nitrogen and oxygen atoms in total. The molecule has 0 aromatic heterocycles. The van der Waals surface area contributed by atoms with Gasteiger partial charge in [0.2, 0.25) is 0 Å². The fourth-order valence-corrected chi connectivity index (χ4v) is 2.56. The van der Waals surface area contributed by atoms with Gasteiger partial charge in [-0.3, -0.25) is 4.18 Å². The number of hydrogen-bond donors (Lipinski definition) is 1. The Morgan fingerprint density at radius 3 is 2.11 bits per heavy atom. The molecular formula is C14H14O4S. The lowest BCUT2D eigenvalue weighted by atomic mass is 10.1. The SMILES string of the molecule is O=S(=O)(OCc1ccccc1CO)c1ccccc1. The van der Waals surface area contributed by atoms with Crippen LogP contribution in [0.4, 0.5) is 0 Å². The minimum absolute atomic E-state index is 0.0893. The van der Waals surface area contributed by atoms with Gasteiger partial charge in [-0.05, 0) is 23.3 Å². The number of hydrogen-bond acceptors (Lipinski definition) is 4. The summed E-state index contributed by atoms with van der Waals surface area (Å²) in [6, 6.07) is 15.0. The lowest BCUT2D eigenvalue weighted by molar-refractivity contribution is 0.270. The minimum Gasteiger partial charge on any atom is -0.392 e. The van der Waals surface area contributed by atoms with E-state index in [1.54, 1.807) is 42.5 Å². The summed E-state index contributed by atoms with van der Waals surface area (Å²) in [6.45, 7) is -0.237. The van der Waals surface area contributed by atoms with E-state index in [4.69, 9.17) is 9.29 Å². The summed E-state index contributed by atoms with van der Waals surface area (Å²) in [5.74, 6) is 0. The monoisotopic (exact) mass is 278 g/mol. The Morgan fingerprint density at radius 2 is 1.47 bits per heavy atom. The van der Waals surface area contributed by atoms with Crippen molar-refractivity contribution < 1.29 is 17.7 Å². The molecule has 0 atom stereocenters. The molecule has 0 saturated carbocycles. The molecule has 0 spiro atoms. The topological polar surface area (TPSA) is 63.6 Å². The molecule has 0 fully saturated rings. The molecule has 0 aliphatic heterocycles. The first kappa shape index (κ1) is 13.7. The van der Waals surface area contributed by atoms with Crippen LogP contribution in [-0.2, 0) is 27.5 Å². The average molecular weight is 278 g/mol. The highest BCUT2D eigenvalue weighted by atomic mass is 32.2. The van der Waals surface area contributed by atoms with Crippen molar-refractivity contribution in [2.24, 2.45) is 0 Å². The van der Waals surface area contributed by atoms with Gasteiger partial charge in [0.25, 0.3) is 10.1 Å². The van der Waals surface area contributed by atoms with Crippen molar-refractivity contribution >= 4 is 10.1 Å². The normalized spacial score (nSPS) is 11.4. The molecule has 0 saturated heterocycles. The van der Waals surface area contributed by atoms with Crippen molar-refractivity contribution in [2.75, 3.05) is 0 Å². The Bertz CT molecular complexity index is 636. The molecule has 0 amide bonds. The Labute approximate surface area is 112 Å². The first-order valence-electron chi connectivity index (χ1n) is 5.75. The van der Waals surface area contributed by atoms with E-state index in [1.807, 2.05) is 0 Å². The summed E-state index contributed by atoms with van der Waals surface area (Å²) in [5, 5.41) is 9.16. The van der Waals surface area contributed by atoms with Crippen LogP contribution < -0.4 is 0 Å². The quantitative estimate of drug-likeness (QED) is 0.851. The molecule has 2 rings (SSSR count). The largest absolute Gasteiger partial charge is 0.392 e. The molecule has 0 unspecified atom stereocenters. The van der Waals surface area contributed by atoms with Gasteiger partial charge in [0.05, 0.1) is 18.1 Å². The number of aliphatic hydroxyl groups is 1. The third-order valence-corrected chi connectivity index (χ3v) is 3.97. The highest BCUT2D eigenvalue weighted by Gasteiger charge is 2.15. The van der Waals surface area contributed by atoms with E-state index in [2.05, 4.69) is 0 Å². The van der Waals surface area contributed by atoms with Gasteiger partial charge in [0, 0.05) is 0 Å². The van der Waals surface area contributed by atoms with Crippen LogP contribution in [0.3, 0.4) is 0 Å². The third kappa shape index (κ3) is 3.41. The predicted molar refractivity (Wildman–Crippen MR) is 70.8 cm³/mol. The van der Waals surface area contributed by atoms with Crippen LogP contribution in [0.25, 0.3) is 0 Å². The van der Waals surface area contributed by atoms with Gasteiger partial charge in [0.15, 0.2) is 0 Å². The van der Waals surface area contributed by atoms with E-state index >= 15 is 0 Å². The predicted octanol–water partition coefficient (Wildman–Crippen LogP) is 2.08. The van der Waals surface area contributed by atoms with Gasteiger partial charge in [-0.2, -0.15) is 8.42 Å². The maximum atomic E-state index is 11.9. The Kier molecular flexibility index (Phi) is 4.31. The van der Waals surface area contributed by atoms with E-state index in [0.29, 0.717) is 11.1 Å². The van der Waals surface area contributed by atoms with Crippen molar-refractivity contribution in [3.05, 3.63) is 65.7 Å². The van der Waals surface area contributed by atoms with Crippen molar-refractivity contribution in [3.63, 3.8) is 0 Å². The molecular weight excluding hydrogens is 264 g/mol. The lowest BCUT2D eigenvalue weighted by Crippen LogP contribution is -2.07. The molecule has 2 aromatic carbocycles. The van der Waals surface area contributed by atoms with E-state index < -0.39 is 10.1 Å². The molecule has 0 radical (unpaired) electrons. The Morgan fingerprint density at radius 1 is 0.895 bits per heavy atom. The van der Waals surface area contributed by atoms with Crippen molar-refractivity contribution in [3.8, 4) is 0 Å². The highest BCUT2D eigenvalue weighted by molar-refractivity contribution is 7.86. The molecule has 0 bridgehead atoms. The standard InChI is InChI=1S/C14H14O4S/c15-10-12-6-4-5-7-13(12)11-18-19(16,17)14-8-2-1-3-9-14/h1-9,15H,10-11H2. The van der Waals surface area contributed by atoms with Crippen LogP contribution >= 0.6 is 0 Å². The van der Waals surface area contributed by atoms with Gasteiger partial charge in [-0.15, -0.1) is 0 Å². The summed E-state index contributed by atoms with van der Waals surface area (Å²) in [6.07, 6.45) is 0. The summed E-state index contributed by atoms with van der Waals surface area (Å²) in [4.78, 5) is 0.122. The van der Waals surface area contributed by atoms with Gasteiger partial charge in [0.1, 0.15) is 0 Å². The minimum atomic E-state index is -3.77. The van der Waals surface area contributed by atoms with Crippen LogP contribution in [0.5, 0.6) is 0 Å². The van der Waals surface area contributed by atoms with Crippen LogP contribution in [-0.4, -0.2) is 13.5 Å². The lowest BCUT2D eigenvalue weighted by Gasteiger charge is -2.08. The van der Waals surface area contributed by atoms with Crippen molar-refractivity contribution in [2.45, 2.75) is 18.1 Å². The number of benzene rings is 2. The van der Waals surface area contributed by atoms with Gasteiger partial charge >= 0.3 is 0 Å². The summed E-state index contributed by atoms with van der Waals surface area (Å²) < 4.78 is 28.8. The fourth-order valence-electron chi connectivity index (χ4n) is 1.65. The molecule has 0 aliphatic rings. The molecule has 1 N–H and O–H groups in total. The van der Waals surface area contributed by atoms with Gasteiger partial charge < -0.3 is 5.11 Å². The first-order valence-corrected chi connectivity index (χ1v) is 7.16. The van der Waals surface area contributed by atoms with Gasteiger partial charge in [-0.1, -0.05) is 42.5 Å². The number of aliphatic hydroxyl groups excluding tert-OH is 1. The molecule has 5 heteroatoms. The zero-order valence-corrected chi connectivity index (χ0v) is 11.0. The molecule has 0 aliphatic carbocycles. The van der Waals surface area contributed by atoms with Gasteiger partial charge in [-0.25, -0.2) is 0 Å². The number of rotatable bonds is 5. The van der Waals surface area contributed by atoms with E-state index in [-0.39, 0.29) is 18.1 Å². The summed E-state index contributed by atoms with van der Waals surface area (Å²) >= 11 is 0. The van der Waals surface area contributed by atoms with E-state index in [0.717, 1.165) is 0 Å². The smallest absolute Gasteiger partial charge is 0.297 e. The second-order valence-electron chi connectivity index (χ2n) is 3.96. The maximum Gasteiger partial charge on any atom is 0.297 e. The van der Waals surface area contributed by atoms with Crippen molar-refractivity contribution in [1.82, 2.24) is 0 Å². The van der Waals surface area contributed by atoms with Crippen molar-refractivity contribution in [1.29, 1.82) is 0 Å². The fraction of sp³-hybridized carbons (Fsp3) is 0.143. The van der Waals surface area contributed by atoms with E-state index in [9.17, 15) is 8.42 Å². The molecule has 100 valence electrons. The summed E-state index contributed by atoms with van der Waals surface area (Å²) in [7, 11) is -3.77. The zero-order chi connectivity index (χ0) is 13.7. The Balaban J connectivity index is 2.15. The first-order chi connectivity index (χ1) is 9.13. The second kappa shape index (κ2) is 5.97. The van der Waals surface area contributed by atoms with Crippen LogP contribution in [0, 0.1) is 0 Å². The summed E-state index contributed by atoms with van der Waals surface area (Å²) in [5.41, 5.74) is 1.32. The third-order valence-electron chi connectivity index (χ3n) is 2.69. The Hall–Kier alpha value is -1.69. The molecule has 0 heterocycles. The maximum absolute atomic E-state index is 11.9. The van der Waals surface area contributed by atoms with E-state index in [1.165, 1.54) is 12.1 Å². The van der Waals surface area contributed by atoms with Crippen LogP contribution in [0.15, 0.2) is 59.5 Å². The molecule has 2 aromatic rings. The van der Waals surface area contributed by atoms with Crippen LogP contribution in [0.2, 0.25) is 0 Å². The highest BCUT2D eigenvalue weighted by Crippen LogP contribution is 2.16. The average Bonchev–Trinajstić information content (AvgIpc) is 2.46.